The van der Waals surface area contributed by atoms with Gasteiger partial charge in [-0.05, 0) is 41.9 Å². The maximum absolute atomic E-state index is 3.47. The van der Waals surface area contributed by atoms with Gasteiger partial charge in [-0.15, -0.1) is 0 Å². The first kappa shape index (κ1) is 14.8. The Hall–Kier alpha value is -0.640. The number of halogens is 2. The Morgan fingerprint density at radius 3 is 1.42 bits per heavy atom. The lowest BCUT2D eigenvalue weighted by Gasteiger charge is -2.20. The van der Waals surface area contributed by atoms with Gasteiger partial charge in [0.2, 0.25) is 0 Å². The van der Waals surface area contributed by atoms with E-state index < -0.39 is 0 Å². The van der Waals surface area contributed by atoms with Crippen LogP contribution in [0.25, 0.3) is 0 Å². The van der Waals surface area contributed by atoms with Crippen molar-refractivity contribution in [3.05, 3.63) is 68.6 Å². The van der Waals surface area contributed by atoms with Gasteiger partial charge in [0.15, 0.2) is 0 Å². The number of hydrogen-bond donors (Lipinski definition) is 0. The maximum Gasteiger partial charge on any atom is 0.0237 e. The molecule has 0 spiro atoms. The van der Waals surface area contributed by atoms with Crippen LogP contribution in [0.1, 0.15) is 18.1 Å². The zero-order valence-electron chi connectivity index (χ0n) is 10.9. The molecule has 2 rings (SSSR count). The van der Waals surface area contributed by atoms with Crippen molar-refractivity contribution in [3.8, 4) is 0 Å². The molecule has 2 aromatic rings. The molecule has 0 bridgehead atoms. The van der Waals surface area contributed by atoms with Crippen molar-refractivity contribution >= 4 is 31.9 Å². The summed E-state index contributed by atoms with van der Waals surface area (Å²) >= 11 is 6.94. The van der Waals surface area contributed by atoms with Crippen LogP contribution in [0.2, 0.25) is 0 Å². The molecule has 0 radical (unpaired) electrons. The fourth-order valence-corrected chi connectivity index (χ4v) is 2.50. The summed E-state index contributed by atoms with van der Waals surface area (Å²) in [5, 5.41) is 0. The van der Waals surface area contributed by atoms with Crippen LogP contribution >= 0.6 is 31.9 Å². The Balaban J connectivity index is 2.00. The molecule has 0 amide bonds. The summed E-state index contributed by atoms with van der Waals surface area (Å²) in [6.45, 7) is 5.23. The monoisotopic (exact) mass is 381 g/mol. The van der Waals surface area contributed by atoms with Crippen molar-refractivity contribution in [3.63, 3.8) is 0 Å². The van der Waals surface area contributed by atoms with E-state index in [1.165, 1.54) is 11.1 Å². The third-order valence-corrected chi connectivity index (χ3v) is 4.14. The molecule has 0 N–H and O–H groups in total. The fourth-order valence-electron chi connectivity index (χ4n) is 1.98. The van der Waals surface area contributed by atoms with Gasteiger partial charge in [0.25, 0.3) is 0 Å². The highest BCUT2D eigenvalue weighted by Crippen LogP contribution is 2.15. The molecule has 19 heavy (non-hydrogen) atoms. The normalized spacial score (nSPS) is 10.9. The SMILES string of the molecule is CCN(Cc1ccc(Br)cc1)Cc1ccc(Br)cc1. The van der Waals surface area contributed by atoms with E-state index in [0.717, 1.165) is 28.6 Å². The van der Waals surface area contributed by atoms with Crippen molar-refractivity contribution in [1.29, 1.82) is 0 Å². The zero-order chi connectivity index (χ0) is 13.7. The van der Waals surface area contributed by atoms with Crippen LogP contribution in [0.15, 0.2) is 57.5 Å². The van der Waals surface area contributed by atoms with Gasteiger partial charge in [0.05, 0.1) is 0 Å². The average molecular weight is 383 g/mol. The minimum Gasteiger partial charge on any atom is -0.295 e. The molecule has 0 saturated heterocycles. The molecule has 0 heterocycles. The highest BCUT2D eigenvalue weighted by atomic mass is 79.9. The Kier molecular flexibility index (Phi) is 5.61. The van der Waals surface area contributed by atoms with Crippen LogP contribution in [0.5, 0.6) is 0 Å². The molecular formula is C16H17Br2N. The van der Waals surface area contributed by atoms with E-state index in [9.17, 15) is 0 Å². The number of rotatable bonds is 5. The number of benzene rings is 2. The fraction of sp³-hybridized carbons (Fsp3) is 0.250. The highest BCUT2D eigenvalue weighted by molar-refractivity contribution is 9.10. The third-order valence-electron chi connectivity index (χ3n) is 3.09. The summed E-state index contributed by atoms with van der Waals surface area (Å²) in [6.07, 6.45) is 0. The summed E-state index contributed by atoms with van der Waals surface area (Å²) in [5.41, 5.74) is 2.70. The largest absolute Gasteiger partial charge is 0.295 e. The lowest BCUT2D eigenvalue weighted by atomic mass is 10.1. The first-order chi connectivity index (χ1) is 9.17. The van der Waals surface area contributed by atoms with Crippen LogP contribution in [0.4, 0.5) is 0 Å². The summed E-state index contributed by atoms with van der Waals surface area (Å²) < 4.78 is 2.26. The minimum atomic E-state index is 0.986. The number of nitrogens with zero attached hydrogens (tertiary/aromatic N) is 1. The van der Waals surface area contributed by atoms with Crippen molar-refractivity contribution in [2.24, 2.45) is 0 Å². The lowest BCUT2D eigenvalue weighted by Crippen LogP contribution is -2.22. The Labute approximate surface area is 131 Å². The van der Waals surface area contributed by atoms with E-state index >= 15 is 0 Å². The maximum atomic E-state index is 3.47. The molecule has 0 atom stereocenters. The van der Waals surface area contributed by atoms with Crippen LogP contribution in [0, 0.1) is 0 Å². The van der Waals surface area contributed by atoms with Crippen LogP contribution in [0.3, 0.4) is 0 Å². The van der Waals surface area contributed by atoms with Gasteiger partial charge < -0.3 is 0 Å². The van der Waals surface area contributed by atoms with E-state index in [2.05, 4.69) is 92.2 Å². The predicted molar refractivity (Wildman–Crippen MR) is 88.1 cm³/mol. The molecule has 3 heteroatoms. The van der Waals surface area contributed by atoms with Crippen molar-refractivity contribution in [2.75, 3.05) is 6.54 Å². The van der Waals surface area contributed by atoms with E-state index in [-0.39, 0.29) is 0 Å². The molecule has 100 valence electrons. The Morgan fingerprint density at radius 2 is 1.11 bits per heavy atom. The number of hydrogen-bond acceptors (Lipinski definition) is 1. The second kappa shape index (κ2) is 7.22. The van der Waals surface area contributed by atoms with Crippen molar-refractivity contribution in [2.45, 2.75) is 20.0 Å². The summed E-state index contributed by atoms with van der Waals surface area (Å²) in [6, 6.07) is 17.1. The molecule has 2 aromatic carbocycles. The van der Waals surface area contributed by atoms with Crippen LogP contribution in [-0.4, -0.2) is 11.4 Å². The Bertz CT molecular complexity index is 458. The first-order valence-corrected chi connectivity index (χ1v) is 7.97. The highest BCUT2D eigenvalue weighted by Gasteiger charge is 2.05. The van der Waals surface area contributed by atoms with Gasteiger partial charge in [-0.1, -0.05) is 63.0 Å². The second-order valence-corrected chi connectivity index (χ2v) is 6.39. The minimum absolute atomic E-state index is 0.986. The summed E-state index contributed by atoms with van der Waals surface area (Å²) in [5.74, 6) is 0. The van der Waals surface area contributed by atoms with E-state index in [4.69, 9.17) is 0 Å². The smallest absolute Gasteiger partial charge is 0.0237 e. The van der Waals surface area contributed by atoms with Gasteiger partial charge >= 0.3 is 0 Å². The van der Waals surface area contributed by atoms with E-state index in [0.29, 0.717) is 0 Å². The standard InChI is InChI=1S/C16H17Br2N/c1-2-19(11-13-3-7-15(17)8-4-13)12-14-5-9-16(18)10-6-14/h3-10H,2,11-12H2,1H3. The second-order valence-electron chi connectivity index (χ2n) is 4.56. The molecule has 0 saturated carbocycles. The molecule has 0 aliphatic heterocycles. The summed E-state index contributed by atoms with van der Waals surface area (Å²) in [7, 11) is 0. The van der Waals surface area contributed by atoms with Gasteiger partial charge in [0.1, 0.15) is 0 Å². The topological polar surface area (TPSA) is 3.24 Å². The zero-order valence-corrected chi connectivity index (χ0v) is 14.1. The van der Waals surface area contributed by atoms with Crippen molar-refractivity contribution < 1.29 is 0 Å². The predicted octanol–water partition coefficient (Wildman–Crippen LogP) is 5.23. The summed E-state index contributed by atoms with van der Waals surface area (Å²) in [4.78, 5) is 2.44. The lowest BCUT2D eigenvalue weighted by molar-refractivity contribution is 0.271. The molecule has 0 aliphatic carbocycles. The molecular weight excluding hydrogens is 366 g/mol. The Morgan fingerprint density at radius 1 is 0.737 bits per heavy atom. The van der Waals surface area contributed by atoms with Gasteiger partial charge in [-0.25, -0.2) is 0 Å². The molecule has 0 unspecified atom stereocenters. The third kappa shape index (κ3) is 4.75. The average Bonchev–Trinajstić information content (AvgIpc) is 2.43. The molecule has 0 fully saturated rings. The quantitative estimate of drug-likeness (QED) is 0.683. The molecule has 0 aromatic heterocycles. The van der Waals surface area contributed by atoms with Gasteiger partial charge in [0, 0.05) is 22.0 Å². The van der Waals surface area contributed by atoms with Crippen LogP contribution in [-0.2, 0) is 13.1 Å². The van der Waals surface area contributed by atoms with E-state index in [1.807, 2.05) is 0 Å². The van der Waals surface area contributed by atoms with Gasteiger partial charge in [-0.3, -0.25) is 4.90 Å². The molecule has 0 aliphatic rings. The molecule has 1 nitrogen and oxygen atoms in total. The first-order valence-electron chi connectivity index (χ1n) is 6.38. The van der Waals surface area contributed by atoms with Crippen molar-refractivity contribution in [1.82, 2.24) is 4.90 Å². The van der Waals surface area contributed by atoms with E-state index in [1.54, 1.807) is 0 Å². The van der Waals surface area contributed by atoms with Crippen LogP contribution < -0.4 is 0 Å². The van der Waals surface area contributed by atoms with Gasteiger partial charge in [-0.2, -0.15) is 0 Å².